The highest BCUT2D eigenvalue weighted by atomic mass is 16.5. The molecule has 142 valence electrons. The van der Waals surface area contributed by atoms with E-state index in [9.17, 15) is 9.59 Å². The second-order valence-electron chi connectivity index (χ2n) is 6.19. The van der Waals surface area contributed by atoms with Gasteiger partial charge in [-0.25, -0.2) is 4.79 Å². The minimum atomic E-state index is -0.336. The van der Waals surface area contributed by atoms with Crippen LogP contribution in [0.25, 0.3) is 0 Å². The lowest BCUT2D eigenvalue weighted by atomic mass is 10.3. The summed E-state index contributed by atoms with van der Waals surface area (Å²) in [4.78, 5) is 33.5. The average Bonchev–Trinajstić information content (AvgIpc) is 3.26. The Morgan fingerprint density at radius 3 is 2.77 bits per heavy atom. The van der Waals surface area contributed by atoms with Crippen molar-refractivity contribution >= 4 is 17.9 Å². The molecule has 2 fully saturated rings. The van der Waals surface area contributed by atoms with Crippen LogP contribution in [0.15, 0.2) is 21.8 Å². The van der Waals surface area contributed by atoms with E-state index in [2.05, 4.69) is 30.6 Å². The van der Waals surface area contributed by atoms with E-state index in [-0.39, 0.29) is 18.5 Å². The fraction of sp³-hybridized carbons (Fsp3) is 0.625. The maximum Gasteiger partial charge on any atom is 0.324 e. The van der Waals surface area contributed by atoms with E-state index in [1.165, 1.54) is 4.90 Å². The number of amides is 3. The quantitative estimate of drug-likeness (QED) is 0.391. The molecule has 1 aromatic rings. The molecule has 10 heteroatoms. The Balaban J connectivity index is 1.49. The lowest BCUT2D eigenvalue weighted by Gasteiger charge is -2.36. The molecule has 3 rings (SSSR count). The van der Waals surface area contributed by atoms with Gasteiger partial charge in [0.05, 0.1) is 25.3 Å². The van der Waals surface area contributed by atoms with Crippen LogP contribution in [0.1, 0.15) is 12.6 Å². The predicted octanol–water partition coefficient (Wildman–Crippen LogP) is -0.690. The van der Waals surface area contributed by atoms with Gasteiger partial charge in [-0.05, 0) is 6.92 Å². The van der Waals surface area contributed by atoms with E-state index in [1.54, 1.807) is 6.26 Å². The molecule has 2 aliphatic rings. The monoisotopic (exact) mass is 363 g/mol. The van der Waals surface area contributed by atoms with E-state index in [0.29, 0.717) is 13.1 Å². The van der Waals surface area contributed by atoms with Crippen LogP contribution in [0, 0.1) is 0 Å². The summed E-state index contributed by atoms with van der Waals surface area (Å²) >= 11 is 0. The van der Waals surface area contributed by atoms with E-state index in [0.717, 1.165) is 50.9 Å². The summed E-state index contributed by atoms with van der Waals surface area (Å²) in [7, 11) is 0. The van der Waals surface area contributed by atoms with Crippen molar-refractivity contribution in [2.24, 2.45) is 4.99 Å². The summed E-state index contributed by atoms with van der Waals surface area (Å²) in [5, 5.41) is 9.75. The van der Waals surface area contributed by atoms with Gasteiger partial charge in [-0.1, -0.05) is 5.16 Å². The molecule has 26 heavy (non-hydrogen) atoms. The van der Waals surface area contributed by atoms with E-state index in [1.807, 2.05) is 13.0 Å². The number of aromatic nitrogens is 1. The smallest absolute Gasteiger partial charge is 0.324 e. The van der Waals surface area contributed by atoms with Gasteiger partial charge in [-0.3, -0.25) is 19.6 Å². The highest BCUT2D eigenvalue weighted by Crippen LogP contribution is 2.07. The molecular weight excluding hydrogens is 338 g/mol. The Morgan fingerprint density at radius 2 is 2.15 bits per heavy atom. The zero-order valence-corrected chi connectivity index (χ0v) is 15.0. The molecule has 2 N–H and O–H groups in total. The molecule has 3 amide bonds. The van der Waals surface area contributed by atoms with Gasteiger partial charge in [-0.2, -0.15) is 0 Å². The number of imide groups is 1. The van der Waals surface area contributed by atoms with Crippen molar-refractivity contribution in [2.75, 3.05) is 52.4 Å². The average molecular weight is 363 g/mol. The number of hydrogen-bond acceptors (Lipinski definition) is 6. The summed E-state index contributed by atoms with van der Waals surface area (Å²) in [6, 6.07) is 1.55. The van der Waals surface area contributed by atoms with Crippen LogP contribution in [0.4, 0.5) is 4.79 Å². The number of nitrogens with zero attached hydrogens (tertiary/aromatic N) is 5. The zero-order valence-electron chi connectivity index (χ0n) is 15.0. The minimum absolute atomic E-state index is 0.0795. The van der Waals surface area contributed by atoms with Crippen LogP contribution in [0.2, 0.25) is 0 Å². The van der Waals surface area contributed by atoms with Gasteiger partial charge < -0.3 is 20.1 Å². The van der Waals surface area contributed by atoms with Crippen LogP contribution >= 0.6 is 0 Å². The van der Waals surface area contributed by atoms with Crippen molar-refractivity contribution < 1.29 is 14.1 Å². The molecule has 0 atom stereocenters. The molecule has 3 heterocycles. The minimum Gasteiger partial charge on any atom is -0.364 e. The first-order valence-corrected chi connectivity index (χ1v) is 8.90. The Bertz CT molecular complexity index is 622. The molecule has 0 radical (unpaired) electrons. The van der Waals surface area contributed by atoms with Crippen LogP contribution < -0.4 is 10.6 Å². The lowest BCUT2D eigenvalue weighted by Crippen LogP contribution is -2.52. The molecule has 0 unspecified atom stereocenters. The second-order valence-corrected chi connectivity index (χ2v) is 6.19. The van der Waals surface area contributed by atoms with E-state index < -0.39 is 0 Å². The predicted molar refractivity (Wildman–Crippen MR) is 94.4 cm³/mol. The van der Waals surface area contributed by atoms with Crippen molar-refractivity contribution in [1.29, 1.82) is 0 Å². The van der Waals surface area contributed by atoms with Gasteiger partial charge in [0, 0.05) is 45.3 Å². The van der Waals surface area contributed by atoms with Crippen LogP contribution in [0.5, 0.6) is 0 Å². The van der Waals surface area contributed by atoms with Gasteiger partial charge in [0.1, 0.15) is 6.26 Å². The largest absolute Gasteiger partial charge is 0.364 e. The fourth-order valence-electron chi connectivity index (χ4n) is 3.03. The highest BCUT2D eigenvalue weighted by Gasteiger charge is 2.27. The van der Waals surface area contributed by atoms with Crippen LogP contribution in [-0.2, 0) is 11.3 Å². The number of nitrogens with one attached hydrogen (secondary N) is 2. The van der Waals surface area contributed by atoms with Crippen LogP contribution in [0.3, 0.4) is 0 Å². The first-order valence-electron chi connectivity index (χ1n) is 8.90. The maximum absolute atomic E-state index is 11.6. The zero-order chi connectivity index (χ0) is 18.4. The summed E-state index contributed by atoms with van der Waals surface area (Å²) in [6.45, 7) is 7.86. The van der Waals surface area contributed by atoms with E-state index in [4.69, 9.17) is 4.52 Å². The highest BCUT2D eigenvalue weighted by molar-refractivity contribution is 6.01. The number of carbonyl (C=O) groups excluding carboxylic acids is 2. The second kappa shape index (κ2) is 8.65. The molecule has 0 bridgehead atoms. The Kier molecular flexibility index (Phi) is 6.05. The third kappa shape index (κ3) is 4.51. The molecule has 1 aromatic heterocycles. The molecule has 0 aliphatic carbocycles. The summed E-state index contributed by atoms with van der Waals surface area (Å²) in [6.07, 6.45) is 1.59. The van der Waals surface area contributed by atoms with Crippen molar-refractivity contribution in [3.8, 4) is 0 Å². The Hall–Kier alpha value is -2.62. The van der Waals surface area contributed by atoms with Gasteiger partial charge in [0.2, 0.25) is 5.91 Å². The molecule has 2 aliphatic heterocycles. The normalized spacial score (nSPS) is 19.2. The van der Waals surface area contributed by atoms with Crippen molar-refractivity contribution in [2.45, 2.75) is 13.5 Å². The first-order chi connectivity index (χ1) is 12.7. The summed E-state index contributed by atoms with van der Waals surface area (Å²) in [5.74, 6) is 0.623. The van der Waals surface area contributed by atoms with Crippen LogP contribution in [-0.4, -0.2) is 90.1 Å². The molecule has 0 saturated carbocycles. The molecule has 2 saturated heterocycles. The van der Waals surface area contributed by atoms with Crippen molar-refractivity contribution in [1.82, 2.24) is 30.5 Å². The third-order valence-electron chi connectivity index (χ3n) is 4.41. The number of piperazine rings is 1. The lowest BCUT2D eigenvalue weighted by molar-refractivity contribution is -0.124. The summed E-state index contributed by atoms with van der Waals surface area (Å²) in [5.41, 5.74) is 0.938. The number of urea groups is 1. The van der Waals surface area contributed by atoms with Crippen molar-refractivity contribution in [3.05, 3.63) is 18.0 Å². The Morgan fingerprint density at radius 1 is 1.35 bits per heavy atom. The SMILES string of the molecule is CCNC(=NCCN1C(=O)CNC1=O)N1CCN(Cc2ccon2)CC1. The molecular formula is C16H25N7O3. The standard InChI is InChI=1S/C16H25N7O3/c1-2-17-15(18-4-5-23-14(24)11-19-16(23)25)22-8-6-21(7-9-22)12-13-3-10-26-20-13/h3,10H,2,4-9,11-12H2,1H3,(H,17,18)(H,19,25). The Labute approximate surface area is 152 Å². The number of aliphatic imine (C=N–C) groups is 1. The van der Waals surface area contributed by atoms with Gasteiger partial charge in [0.25, 0.3) is 0 Å². The van der Waals surface area contributed by atoms with Gasteiger partial charge in [0.15, 0.2) is 5.96 Å². The van der Waals surface area contributed by atoms with E-state index >= 15 is 0 Å². The number of rotatable bonds is 6. The maximum atomic E-state index is 11.6. The molecule has 10 nitrogen and oxygen atoms in total. The number of guanidine groups is 1. The third-order valence-corrected chi connectivity index (χ3v) is 4.41. The fourth-order valence-corrected chi connectivity index (χ4v) is 3.03. The first kappa shape index (κ1) is 18.2. The van der Waals surface area contributed by atoms with Gasteiger partial charge in [-0.15, -0.1) is 0 Å². The number of hydrogen-bond donors (Lipinski definition) is 2. The van der Waals surface area contributed by atoms with Crippen molar-refractivity contribution in [3.63, 3.8) is 0 Å². The summed E-state index contributed by atoms with van der Waals surface area (Å²) < 4.78 is 4.88. The van der Waals surface area contributed by atoms with Gasteiger partial charge >= 0.3 is 6.03 Å². The number of carbonyl (C=O) groups is 2. The molecule has 0 aromatic carbocycles. The molecule has 0 spiro atoms. The topological polar surface area (TPSA) is 106 Å².